The van der Waals surface area contributed by atoms with Crippen LogP contribution in [0.25, 0.3) is 0 Å². The lowest BCUT2D eigenvalue weighted by atomic mass is 10.0. The zero-order valence-electron chi connectivity index (χ0n) is 13.8. The molecule has 2 amide bonds. The summed E-state index contributed by atoms with van der Waals surface area (Å²) in [6.07, 6.45) is 0. The fourth-order valence-corrected chi connectivity index (χ4v) is 2.82. The summed E-state index contributed by atoms with van der Waals surface area (Å²) >= 11 is 1.32. The third-order valence-corrected chi connectivity index (χ3v) is 4.39. The SMILES string of the molecule is CC(=O)c1cccc(NC(=O)[C@H](NC(=O)c2cccs2)C(C)C)c1. The summed E-state index contributed by atoms with van der Waals surface area (Å²) in [5, 5.41) is 7.35. The molecule has 0 aliphatic heterocycles. The standard InChI is InChI=1S/C18H20N2O3S/c1-11(2)16(20-17(22)15-8-5-9-24-15)18(23)19-14-7-4-6-13(10-14)12(3)21/h4-11,16H,1-3H3,(H,19,23)(H,20,22)/t16-/m1/s1. The normalized spacial score (nSPS) is 11.8. The second-order valence-corrected chi connectivity index (χ2v) is 6.75. The molecule has 2 rings (SSSR count). The number of hydrogen-bond acceptors (Lipinski definition) is 4. The Morgan fingerprint density at radius 1 is 1.08 bits per heavy atom. The Labute approximate surface area is 145 Å². The maximum Gasteiger partial charge on any atom is 0.262 e. The van der Waals surface area contributed by atoms with Crippen LogP contribution in [0.4, 0.5) is 5.69 Å². The summed E-state index contributed by atoms with van der Waals surface area (Å²) in [5.41, 5.74) is 1.06. The quantitative estimate of drug-likeness (QED) is 0.789. The highest BCUT2D eigenvalue weighted by molar-refractivity contribution is 7.12. The molecule has 0 bridgehead atoms. The zero-order valence-corrected chi connectivity index (χ0v) is 14.6. The topological polar surface area (TPSA) is 75.3 Å². The third kappa shape index (κ3) is 4.52. The summed E-state index contributed by atoms with van der Waals surface area (Å²) in [6.45, 7) is 5.20. The van der Waals surface area contributed by atoms with E-state index in [0.29, 0.717) is 16.1 Å². The summed E-state index contributed by atoms with van der Waals surface area (Å²) in [6, 6.07) is 9.57. The number of rotatable bonds is 6. The number of anilines is 1. The van der Waals surface area contributed by atoms with Crippen molar-refractivity contribution in [2.75, 3.05) is 5.32 Å². The van der Waals surface area contributed by atoms with E-state index in [2.05, 4.69) is 10.6 Å². The molecule has 0 aliphatic carbocycles. The van der Waals surface area contributed by atoms with Crippen LogP contribution in [-0.4, -0.2) is 23.6 Å². The van der Waals surface area contributed by atoms with Gasteiger partial charge in [-0.05, 0) is 36.4 Å². The highest BCUT2D eigenvalue weighted by Crippen LogP contribution is 2.14. The minimum Gasteiger partial charge on any atom is -0.339 e. The number of thiophene rings is 1. The molecule has 6 heteroatoms. The Bertz CT molecular complexity index is 738. The van der Waals surface area contributed by atoms with E-state index in [-0.39, 0.29) is 23.5 Å². The highest BCUT2D eigenvalue weighted by Gasteiger charge is 2.25. The van der Waals surface area contributed by atoms with E-state index >= 15 is 0 Å². The Morgan fingerprint density at radius 2 is 1.83 bits per heavy atom. The van der Waals surface area contributed by atoms with E-state index in [9.17, 15) is 14.4 Å². The van der Waals surface area contributed by atoms with Gasteiger partial charge in [-0.2, -0.15) is 0 Å². The average molecular weight is 344 g/mol. The van der Waals surface area contributed by atoms with Crippen LogP contribution in [0.15, 0.2) is 41.8 Å². The fraction of sp³-hybridized carbons (Fsp3) is 0.278. The fourth-order valence-electron chi connectivity index (χ4n) is 2.19. The van der Waals surface area contributed by atoms with Gasteiger partial charge in [-0.1, -0.05) is 32.0 Å². The van der Waals surface area contributed by atoms with Crippen molar-refractivity contribution in [3.8, 4) is 0 Å². The Balaban J connectivity index is 2.10. The van der Waals surface area contributed by atoms with Gasteiger partial charge in [0.25, 0.3) is 5.91 Å². The van der Waals surface area contributed by atoms with Crippen molar-refractivity contribution in [3.05, 3.63) is 52.2 Å². The monoisotopic (exact) mass is 344 g/mol. The number of benzene rings is 1. The van der Waals surface area contributed by atoms with Crippen LogP contribution >= 0.6 is 11.3 Å². The predicted molar refractivity (Wildman–Crippen MR) is 95.5 cm³/mol. The molecule has 2 N–H and O–H groups in total. The van der Waals surface area contributed by atoms with E-state index in [1.54, 1.807) is 36.4 Å². The highest BCUT2D eigenvalue weighted by atomic mass is 32.1. The molecule has 1 aromatic carbocycles. The second-order valence-electron chi connectivity index (χ2n) is 5.80. The van der Waals surface area contributed by atoms with Crippen LogP contribution in [0.3, 0.4) is 0 Å². The first-order chi connectivity index (χ1) is 11.4. The van der Waals surface area contributed by atoms with Crippen LogP contribution in [0.5, 0.6) is 0 Å². The molecule has 0 unspecified atom stereocenters. The van der Waals surface area contributed by atoms with Crippen molar-refractivity contribution >= 4 is 34.6 Å². The number of Topliss-reactive ketones (excluding diaryl/α,β-unsaturated/α-hetero) is 1. The first kappa shape index (κ1) is 17.9. The number of carbonyl (C=O) groups is 3. The molecule has 0 saturated carbocycles. The first-order valence-corrected chi connectivity index (χ1v) is 8.52. The molecule has 24 heavy (non-hydrogen) atoms. The van der Waals surface area contributed by atoms with Gasteiger partial charge in [-0.25, -0.2) is 0 Å². The number of carbonyl (C=O) groups excluding carboxylic acids is 3. The molecule has 1 heterocycles. The molecule has 1 aromatic heterocycles. The number of ketones is 1. The molecular weight excluding hydrogens is 324 g/mol. The molecule has 0 fully saturated rings. The van der Waals surface area contributed by atoms with Crippen LogP contribution in [0.2, 0.25) is 0 Å². The van der Waals surface area contributed by atoms with E-state index < -0.39 is 6.04 Å². The summed E-state index contributed by atoms with van der Waals surface area (Å²) in [5.74, 6) is -0.727. The van der Waals surface area contributed by atoms with Crippen molar-refractivity contribution in [2.24, 2.45) is 5.92 Å². The molecular formula is C18H20N2O3S. The van der Waals surface area contributed by atoms with Crippen molar-refractivity contribution in [1.29, 1.82) is 0 Å². The van der Waals surface area contributed by atoms with E-state index in [1.807, 2.05) is 19.2 Å². The minimum atomic E-state index is -0.666. The maximum atomic E-state index is 12.5. The molecule has 126 valence electrons. The van der Waals surface area contributed by atoms with Crippen LogP contribution in [-0.2, 0) is 4.79 Å². The molecule has 2 aromatic rings. The van der Waals surface area contributed by atoms with Gasteiger partial charge in [-0.15, -0.1) is 11.3 Å². The predicted octanol–water partition coefficient (Wildman–Crippen LogP) is 3.34. The van der Waals surface area contributed by atoms with Gasteiger partial charge in [-0.3, -0.25) is 14.4 Å². The van der Waals surface area contributed by atoms with E-state index in [4.69, 9.17) is 0 Å². The summed E-state index contributed by atoms with van der Waals surface area (Å²) in [4.78, 5) is 36.7. The molecule has 0 radical (unpaired) electrons. The van der Waals surface area contributed by atoms with Crippen LogP contribution < -0.4 is 10.6 Å². The largest absolute Gasteiger partial charge is 0.339 e. The second kappa shape index (κ2) is 7.88. The summed E-state index contributed by atoms with van der Waals surface area (Å²) < 4.78 is 0. The Morgan fingerprint density at radius 3 is 2.42 bits per heavy atom. The summed E-state index contributed by atoms with van der Waals surface area (Å²) in [7, 11) is 0. The van der Waals surface area contributed by atoms with Crippen molar-refractivity contribution in [1.82, 2.24) is 5.32 Å². The lowest BCUT2D eigenvalue weighted by Gasteiger charge is -2.21. The van der Waals surface area contributed by atoms with Crippen molar-refractivity contribution < 1.29 is 14.4 Å². The first-order valence-electron chi connectivity index (χ1n) is 7.64. The molecule has 0 spiro atoms. The lowest BCUT2D eigenvalue weighted by molar-refractivity contribution is -0.118. The third-order valence-electron chi connectivity index (χ3n) is 3.52. The zero-order chi connectivity index (χ0) is 17.7. The van der Waals surface area contributed by atoms with Gasteiger partial charge >= 0.3 is 0 Å². The minimum absolute atomic E-state index is 0.0718. The smallest absolute Gasteiger partial charge is 0.262 e. The van der Waals surface area contributed by atoms with Crippen molar-refractivity contribution in [2.45, 2.75) is 26.8 Å². The van der Waals surface area contributed by atoms with Gasteiger partial charge in [0, 0.05) is 11.3 Å². The Kier molecular flexibility index (Phi) is 5.87. The lowest BCUT2D eigenvalue weighted by Crippen LogP contribution is -2.46. The van der Waals surface area contributed by atoms with Gasteiger partial charge in [0.05, 0.1) is 4.88 Å². The molecule has 1 atom stereocenters. The molecule has 5 nitrogen and oxygen atoms in total. The number of amides is 2. The average Bonchev–Trinajstić information content (AvgIpc) is 3.06. The number of nitrogens with one attached hydrogen (secondary N) is 2. The maximum absolute atomic E-state index is 12.5. The molecule has 0 saturated heterocycles. The molecule has 0 aliphatic rings. The van der Waals surface area contributed by atoms with Crippen LogP contribution in [0, 0.1) is 5.92 Å². The van der Waals surface area contributed by atoms with Crippen LogP contribution in [0.1, 0.15) is 40.8 Å². The number of hydrogen-bond donors (Lipinski definition) is 2. The van der Waals surface area contributed by atoms with E-state index in [0.717, 1.165) is 0 Å². The Hall–Kier alpha value is -2.47. The van der Waals surface area contributed by atoms with Gasteiger partial charge < -0.3 is 10.6 Å². The van der Waals surface area contributed by atoms with Crippen molar-refractivity contribution in [3.63, 3.8) is 0 Å². The van der Waals surface area contributed by atoms with Gasteiger partial charge in [0.1, 0.15) is 6.04 Å². The van der Waals surface area contributed by atoms with E-state index in [1.165, 1.54) is 18.3 Å². The van der Waals surface area contributed by atoms with Gasteiger partial charge in [0.15, 0.2) is 5.78 Å². The van der Waals surface area contributed by atoms with Gasteiger partial charge in [0.2, 0.25) is 5.91 Å².